The van der Waals surface area contributed by atoms with Crippen molar-refractivity contribution in [3.05, 3.63) is 12.7 Å². The number of unbranched alkanes of at least 4 members (excludes halogenated alkanes) is 5. The average molecular weight is 304 g/mol. The summed E-state index contributed by atoms with van der Waals surface area (Å²) in [7, 11) is -3.21. The Bertz CT molecular complexity index is 305. The van der Waals surface area contributed by atoms with Gasteiger partial charge in [-0.1, -0.05) is 25.3 Å². The Morgan fingerprint density at radius 2 is 1.60 bits per heavy atom. The maximum Gasteiger partial charge on any atom is 0.338 e. The van der Waals surface area contributed by atoms with Gasteiger partial charge in [-0.25, -0.2) is 0 Å². The smallest absolute Gasteiger partial charge is 0.309 e. The molecule has 0 aliphatic carbocycles. The van der Waals surface area contributed by atoms with E-state index in [1.165, 1.54) is 12.8 Å². The molecule has 0 N–H and O–H groups in total. The standard InChI is InChI=1S/C15H29O4P/c1-4-7-8-9-10-11-12-13-15(16)14-20(17,18-5-2)19-6-3/h4H,1,5-14H2,2-3H3. The number of Topliss-reactive ketones (excluding diaryl/α,β-unsaturated/α-hetero) is 1. The highest BCUT2D eigenvalue weighted by Gasteiger charge is 2.26. The van der Waals surface area contributed by atoms with Gasteiger partial charge in [-0.2, -0.15) is 0 Å². The van der Waals surface area contributed by atoms with Crippen LogP contribution in [0.25, 0.3) is 0 Å². The van der Waals surface area contributed by atoms with Crippen molar-refractivity contribution in [1.29, 1.82) is 0 Å². The van der Waals surface area contributed by atoms with Crippen LogP contribution in [-0.4, -0.2) is 25.2 Å². The lowest BCUT2D eigenvalue weighted by Gasteiger charge is -2.15. The second kappa shape index (κ2) is 12.3. The van der Waals surface area contributed by atoms with Gasteiger partial charge in [-0.15, -0.1) is 6.58 Å². The molecule has 0 fully saturated rings. The molecule has 0 aromatic carbocycles. The summed E-state index contributed by atoms with van der Waals surface area (Å²) in [5.41, 5.74) is 0. The van der Waals surface area contributed by atoms with Gasteiger partial charge >= 0.3 is 7.60 Å². The van der Waals surface area contributed by atoms with E-state index in [1.807, 2.05) is 6.08 Å². The van der Waals surface area contributed by atoms with Crippen LogP contribution in [0.2, 0.25) is 0 Å². The normalized spacial score (nSPS) is 11.5. The summed E-state index contributed by atoms with van der Waals surface area (Å²) in [6.45, 7) is 7.78. The van der Waals surface area contributed by atoms with Crippen molar-refractivity contribution in [2.75, 3.05) is 19.4 Å². The van der Waals surface area contributed by atoms with E-state index in [0.717, 1.165) is 25.7 Å². The van der Waals surface area contributed by atoms with E-state index in [2.05, 4.69) is 6.58 Å². The molecule has 0 rings (SSSR count). The van der Waals surface area contributed by atoms with Gasteiger partial charge < -0.3 is 9.05 Å². The molecule has 0 spiro atoms. The molecule has 0 atom stereocenters. The molecule has 0 aliphatic heterocycles. The second-order valence-corrected chi connectivity index (χ2v) is 6.79. The van der Waals surface area contributed by atoms with Crippen LogP contribution in [0, 0.1) is 0 Å². The van der Waals surface area contributed by atoms with Gasteiger partial charge in [-0.3, -0.25) is 9.36 Å². The van der Waals surface area contributed by atoms with Crippen LogP contribution in [0.1, 0.15) is 58.8 Å². The summed E-state index contributed by atoms with van der Waals surface area (Å²) in [6, 6.07) is 0. The Balaban J connectivity index is 3.80. The molecule has 0 saturated heterocycles. The highest BCUT2D eigenvalue weighted by Crippen LogP contribution is 2.48. The highest BCUT2D eigenvalue weighted by molar-refractivity contribution is 7.54. The van der Waals surface area contributed by atoms with E-state index in [9.17, 15) is 9.36 Å². The molecule has 0 unspecified atom stereocenters. The van der Waals surface area contributed by atoms with Gasteiger partial charge in [0.25, 0.3) is 0 Å². The van der Waals surface area contributed by atoms with Crippen molar-refractivity contribution in [2.24, 2.45) is 0 Å². The van der Waals surface area contributed by atoms with E-state index in [0.29, 0.717) is 19.6 Å². The predicted molar refractivity (Wildman–Crippen MR) is 83.2 cm³/mol. The molecule has 5 heteroatoms. The van der Waals surface area contributed by atoms with E-state index in [4.69, 9.17) is 9.05 Å². The van der Waals surface area contributed by atoms with Crippen LogP contribution in [0.5, 0.6) is 0 Å². The molecule has 0 aromatic rings. The van der Waals surface area contributed by atoms with Gasteiger partial charge in [-0.05, 0) is 33.1 Å². The Morgan fingerprint density at radius 1 is 1.05 bits per heavy atom. The molecule has 118 valence electrons. The number of ketones is 1. The number of carbonyl (C=O) groups is 1. The lowest BCUT2D eigenvalue weighted by molar-refractivity contribution is -0.117. The zero-order chi connectivity index (χ0) is 15.3. The van der Waals surface area contributed by atoms with Crippen LogP contribution >= 0.6 is 7.60 Å². The van der Waals surface area contributed by atoms with Crippen LogP contribution in [0.15, 0.2) is 12.7 Å². The van der Waals surface area contributed by atoms with Crippen molar-refractivity contribution >= 4 is 13.4 Å². The minimum Gasteiger partial charge on any atom is -0.309 e. The fraction of sp³-hybridized carbons (Fsp3) is 0.800. The van der Waals surface area contributed by atoms with Crippen molar-refractivity contribution in [3.8, 4) is 0 Å². The Morgan fingerprint density at radius 3 is 2.15 bits per heavy atom. The first-order valence-corrected chi connectivity index (χ1v) is 9.31. The third kappa shape index (κ3) is 10.4. The first kappa shape index (κ1) is 19.6. The second-order valence-electron chi connectivity index (χ2n) is 4.74. The first-order valence-electron chi connectivity index (χ1n) is 7.58. The van der Waals surface area contributed by atoms with Gasteiger partial charge in [0.1, 0.15) is 11.9 Å². The van der Waals surface area contributed by atoms with E-state index in [-0.39, 0.29) is 11.9 Å². The minimum atomic E-state index is -3.21. The SMILES string of the molecule is C=CCCCCCCCC(=O)CP(=O)(OCC)OCC. The van der Waals surface area contributed by atoms with E-state index < -0.39 is 7.60 Å². The van der Waals surface area contributed by atoms with Crippen molar-refractivity contribution < 1.29 is 18.4 Å². The molecular formula is C15H29O4P. The maximum atomic E-state index is 12.2. The zero-order valence-corrected chi connectivity index (χ0v) is 13.8. The topological polar surface area (TPSA) is 52.6 Å². The monoisotopic (exact) mass is 304 g/mol. The van der Waals surface area contributed by atoms with Crippen molar-refractivity contribution in [2.45, 2.75) is 58.8 Å². The molecule has 4 nitrogen and oxygen atoms in total. The minimum absolute atomic E-state index is 0.0266. The van der Waals surface area contributed by atoms with Crippen LogP contribution < -0.4 is 0 Å². The number of allylic oxidation sites excluding steroid dienone is 1. The molecule has 0 saturated carbocycles. The quantitative estimate of drug-likeness (QED) is 0.264. The highest BCUT2D eigenvalue weighted by atomic mass is 31.2. The summed E-state index contributed by atoms with van der Waals surface area (Å²) in [5.74, 6) is -0.0266. The van der Waals surface area contributed by atoms with Gasteiger partial charge in [0.05, 0.1) is 13.2 Å². The van der Waals surface area contributed by atoms with Gasteiger partial charge in [0.2, 0.25) is 0 Å². The molecular weight excluding hydrogens is 275 g/mol. The summed E-state index contributed by atoms with van der Waals surface area (Å²) in [6.07, 6.45) is 8.74. The summed E-state index contributed by atoms with van der Waals surface area (Å²) in [5, 5.41) is 0. The zero-order valence-electron chi connectivity index (χ0n) is 12.9. The number of carbonyl (C=O) groups excluding carboxylic acids is 1. The Hall–Kier alpha value is -0.440. The third-order valence-electron chi connectivity index (χ3n) is 2.89. The fourth-order valence-corrected chi connectivity index (χ4v) is 3.59. The largest absolute Gasteiger partial charge is 0.338 e. The molecule has 0 bridgehead atoms. The Labute approximate surface area is 123 Å². The maximum absolute atomic E-state index is 12.2. The molecule has 0 aromatic heterocycles. The third-order valence-corrected chi connectivity index (χ3v) is 4.93. The number of hydrogen-bond acceptors (Lipinski definition) is 4. The average Bonchev–Trinajstić information content (AvgIpc) is 2.38. The van der Waals surface area contributed by atoms with Gasteiger partial charge in [0.15, 0.2) is 0 Å². The number of hydrogen-bond donors (Lipinski definition) is 0. The molecule has 0 amide bonds. The van der Waals surface area contributed by atoms with Crippen LogP contribution in [-0.2, 0) is 18.4 Å². The summed E-state index contributed by atoms with van der Waals surface area (Å²) < 4.78 is 22.4. The lowest BCUT2D eigenvalue weighted by atomic mass is 10.1. The molecule has 20 heavy (non-hydrogen) atoms. The van der Waals surface area contributed by atoms with Crippen LogP contribution in [0.4, 0.5) is 0 Å². The van der Waals surface area contributed by atoms with Crippen molar-refractivity contribution in [3.63, 3.8) is 0 Å². The van der Waals surface area contributed by atoms with Crippen LogP contribution in [0.3, 0.4) is 0 Å². The van der Waals surface area contributed by atoms with E-state index >= 15 is 0 Å². The molecule has 0 heterocycles. The first-order chi connectivity index (χ1) is 9.58. The lowest BCUT2D eigenvalue weighted by Crippen LogP contribution is -2.09. The molecule has 0 radical (unpaired) electrons. The summed E-state index contributed by atoms with van der Waals surface area (Å²) >= 11 is 0. The predicted octanol–water partition coefficient (Wildman–Crippen LogP) is 4.74. The number of rotatable bonds is 14. The summed E-state index contributed by atoms with van der Waals surface area (Å²) in [4.78, 5) is 11.8. The molecule has 0 aliphatic rings. The van der Waals surface area contributed by atoms with Gasteiger partial charge in [0, 0.05) is 6.42 Å². The van der Waals surface area contributed by atoms with E-state index in [1.54, 1.807) is 13.8 Å². The Kier molecular flexibility index (Phi) is 12.0. The fourth-order valence-electron chi connectivity index (χ4n) is 1.96. The van der Waals surface area contributed by atoms with Crippen molar-refractivity contribution in [1.82, 2.24) is 0 Å².